The van der Waals surface area contributed by atoms with E-state index in [0.717, 1.165) is 5.21 Å². The number of nitrogens with two attached hydrogens (primary N) is 1. The summed E-state index contributed by atoms with van der Waals surface area (Å²) in [5.74, 6) is 1.35. The first kappa shape index (κ1) is 23.6. The van der Waals surface area contributed by atoms with Gasteiger partial charge in [-0.1, -0.05) is 0 Å². The van der Waals surface area contributed by atoms with Gasteiger partial charge in [-0.3, -0.25) is 0 Å². The molecule has 2 aromatic heterocycles. The van der Waals surface area contributed by atoms with Crippen LogP contribution in [0, 0.1) is 5.82 Å². The number of hydrogen-bond donors (Lipinski definition) is 1. The molecule has 184 valence electrons. The summed E-state index contributed by atoms with van der Waals surface area (Å²) in [6.45, 7) is 1.35. The number of ether oxygens (including phenoxy) is 4. The van der Waals surface area contributed by atoms with Crippen LogP contribution in [0.3, 0.4) is 0 Å². The van der Waals surface area contributed by atoms with Crippen molar-refractivity contribution in [2.45, 2.75) is 29.0 Å². The van der Waals surface area contributed by atoms with Gasteiger partial charge in [-0.05, 0) is 0 Å². The fourth-order valence-corrected chi connectivity index (χ4v) is 6.87. The summed E-state index contributed by atoms with van der Waals surface area (Å²) in [5.41, 5.74) is 8.82. The molecule has 0 aliphatic carbocycles. The molecule has 3 aromatic rings. The maximum absolute atomic E-state index is 14.5. The molecule has 5 rings (SSSR count). The Morgan fingerprint density at radius 3 is 2.91 bits per heavy atom. The maximum atomic E-state index is 14.5. The van der Waals surface area contributed by atoms with Gasteiger partial charge in [-0.15, -0.1) is 0 Å². The standard InChI is InChI=1S/C24H26AsFN4O5/c1-32-22-5-3-18-23(29-22)15(16(26)12-28-18)11-25-7-6-17(27)21-13-30(24(31)35-21)14-2-4-19-20(10-14)34-9-8-33-19/h2-5,10,12,17,21,25H,6-9,11,13,27H2,1H3. The van der Waals surface area contributed by atoms with Gasteiger partial charge in [-0.25, -0.2) is 0 Å². The van der Waals surface area contributed by atoms with Gasteiger partial charge in [0.15, 0.2) is 0 Å². The van der Waals surface area contributed by atoms with Gasteiger partial charge >= 0.3 is 208 Å². The average Bonchev–Trinajstić information content (AvgIpc) is 3.28. The van der Waals surface area contributed by atoms with E-state index in [2.05, 4.69) is 9.97 Å². The Kier molecular flexibility index (Phi) is 6.92. The molecule has 0 spiro atoms. The normalized spacial score (nSPS) is 18.3. The summed E-state index contributed by atoms with van der Waals surface area (Å²) in [5, 5.41) is 1.48. The molecule has 4 heterocycles. The minimum atomic E-state index is -0.546. The number of fused-ring (bicyclic) bond motifs is 2. The van der Waals surface area contributed by atoms with Crippen molar-refractivity contribution < 1.29 is 28.1 Å². The summed E-state index contributed by atoms with van der Waals surface area (Å²) >= 11 is -0.546. The molecule has 3 atom stereocenters. The monoisotopic (exact) mass is 544 g/mol. The van der Waals surface area contributed by atoms with Gasteiger partial charge in [0.2, 0.25) is 0 Å². The molecule has 2 N–H and O–H groups in total. The Morgan fingerprint density at radius 1 is 1.26 bits per heavy atom. The molecule has 0 saturated carbocycles. The van der Waals surface area contributed by atoms with Crippen molar-refractivity contribution >= 4 is 38.6 Å². The van der Waals surface area contributed by atoms with Crippen molar-refractivity contribution in [3.63, 3.8) is 0 Å². The molecule has 1 amide bonds. The number of hydrogen-bond acceptors (Lipinski definition) is 8. The predicted octanol–water partition coefficient (Wildman–Crippen LogP) is 2.65. The summed E-state index contributed by atoms with van der Waals surface area (Å²) in [6, 6.07) is 8.58. The average molecular weight is 544 g/mol. The summed E-state index contributed by atoms with van der Waals surface area (Å²) in [7, 11) is 1.53. The number of carbonyl (C=O) groups is 1. The molecule has 1 saturated heterocycles. The van der Waals surface area contributed by atoms with Crippen LogP contribution in [-0.4, -0.2) is 70.8 Å². The van der Waals surface area contributed by atoms with Crippen molar-refractivity contribution in [3.8, 4) is 17.4 Å². The molecule has 35 heavy (non-hydrogen) atoms. The minimum absolute atomic E-state index is 0.304. The van der Waals surface area contributed by atoms with Gasteiger partial charge in [0.1, 0.15) is 0 Å². The van der Waals surface area contributed by atoms with E-state index in [1.807, 2.05) is 6.07 Å². The zero-order valence-electron chi connectivity index (χ0n) is 19.2. The quantitative estimate of drug-likeness (QED) is 0.341. The number of amides is 1. The molecule has 0 radical (unpaired) electrons. The number of aromatic nitrogens is 2. The number of anilines is 1. The van der Waals surface area contributed by atoms with Crippen LogP contribution >= 0.6 is 0 Å². The summed E-state index contributed by atoms with van der Waals surface area (Å²) in [4.78, 5) is 22.6. The van der Waals surface area contributed by atoms with Crippen molar-refractivity contribution in [1.29, 1.82) is 0 Å². The van der Waals surface area contributed by atoms with Crippen molar-refractivity contribution in [3.05, 3.63) is 47.9 Å². The van der Waals surface area contributed by atoms with E-state index in [1.165, 1.54) is 13.3 Å². The fourth-order valence-electron chi connectivity index (χ4n) is 4.15. The second-order valence-electron chi connectivity index (χ2n) is 8.30. The van der Waals surface area contributed by atoms with Crippen molar-refractivity contribution in [1.82, 2.24) is 9.97 Å². The van der Waals surface area contributed by atoms with E-state index in [0.29, 0.717) is 71.1 Å². The molecule has 11 heteroatoms. The van der Waals surface area contributed by atoms with Gasteiger partial charge in [0, 0.05) is 0 Å². The number of rotatable bonds is 8. The zero-order chi connectivity index (χ0) is 24.4. The molecule has 2 aliphatic rings. The Balaban J connectivity index is 1.17. The Bertz CT molecular complexity index is 1250. The summed E-state index contributed by atoms with van der Waals surface area (Å²) in [6.07, 6.45) is 1.10. The first-order valence-corrected chi connectivity index (χ1v) is 14.3. The van der Waals surface area contributed by atoms with Gasteiger partial charge in [-0.2, -0.15) is 0 Å². The van der Waals surface area contributed by atoms with Crippen LogP contribution in [0.4, 0.5) is 14.9 Å². The van der Waals surface area contributed by atoms with E-state index in [-0.39, 0.29) is 11.9 Å². The SMILES string of the molecule is COc1ccc2ncc(F)c(C[AsH]CCC(N)C3CN(c4ccc5c(c4)OCCO5)C(=O)O3)c2n1. The number of halogens is 1. The molecule has 0 bridgehead atoms. The van der Waals surface area contributed by atoms with Crippen LogP contribution in [0.15, 0.2) is 36.5 Å². The third-order valence-electron chi connectivity index (χ3n) is 6.05. The number of cyclic esters (lactones) is 1. The number of pyridine rings is 2. The van der Waals surface area contributed by atoms with Crippen LogP contribution in [0.2, 0.25) is 5.21 Å². The molecule has 1 aromatic carbocycles. The fraction of sp³-hybridized carbons (Fsp3) is 0.375. The topological polar surface area (TPSA) is 109 Å². The first-order chi connectivity index (χ1) is 17.0. The van der Waals surface area contributed by atoms with Gasteiger partial charge in [0.25, 0.3) is 0 Å². The van der Waals surface area contributed by atoms with E-state index in [4.69, 9.17) is 24.7 Å². The van der Waals surface area contributed by atoms with Crippen molar-refractivity contribution in [2.24, 2.45) is 5.73 Å². The number of benzene rings is 1. The number of carbonyl (C=O) groups excluding carboxylic acids is 1. The number of methoxy groups -OCH3 is 1. The second kappa shape index (κ2) is 10.3. The van der Waals surface area contributed by atoms with E-state index < -0.39 is 27.9 Å². The number of nitrogens with zero attached hydrogens (tertiary/aromatic N) is 3. The molecular weight excluding hydrogens is 518 g/mol. The van der Waals surface area contributed by atoms with Crippen molar-refractivity contribution in [2.75, 3.05) is 31.8 Å². The van der Waals surface area contributed by atoms with Crippen LogP contribution in [0.5, 0.6) is 17.4 Å². The van der Waals surface area contributed by atoms with Crippen LogP contribution < -0.4 is 24.8 Å². The molecule has 3 unspecified atom stereocenters. The van der Waals surface area contributed by atoms with Gasteiger partial charge in [0.05, 0.1) is 0 Å². The van der Waals surface area contributed by atoms with Crippen LogP contribution in [0.25, 0.3) is 11.0 Å². The van der Waals surface area contributed by atoms with E-state index in [1.54, 1.807) is 29.2 Å². The molecule has 2 aliphatic heterocycles. The Labute approximate surface area is 208 Å². The third kappa shape index (κ3) is 4.99. The predicted molar refractivity (Wildman–Crippen MR) is 129 cm³/mol. The van der Waals surface area contributed by atoms with E-state index >= 15 is 0 Å². The third-order valence-corrected chi connectivity index (χ3v) is 8.67. The van der Waals surface area contributed by atoms with Crippen LogP contribution in [-0.2, 0) is 9.95 Å². The Morgan fingerprint density at radius 2 is 2.09 bits per heavy atom. The second-order valence-corrected chi connectivity index (χ2v) is 11.1. The first-order valence-electron chi connectivity index (χ1n) is 11.4. The molecular formula is C24H26AsFN4O5. The van der Waals surface area contributed by atoms with Crippen LogP contribution in [0.1, 0.15) is 12.0 Å². The van der Waals surface area contributed by atoms with E-state index in [9.17, 15) is 9.18 Å². The molecule has 9 nitrogen and oxygen atoms in total. The van der Waals surface area contributed by atoms with Gasteiger partial charge < -0.3 is 0 Å². The zero-order valence-corrected chi connectivity index (χ0v) is 21.3. The summed E-state index contributed by atoms with van der Waals surface area (Å²) < 4.78 is 36.4. The Hall–Kier alpha value is -3.10. The molecule has 1 fully saturated rings.